The molecule has 33 heavy (non-hydrogen) atoms. The largest absolute Gasteiger partial charge is 0.507 e. The minimum Gasteiger partial charge on any atom is -0.507 e. The summed E-state index contributed by atoms with van der Waals surface area (Å²) >= 11 is 6.34. The lowest BCUT2D eigenvalue weighted by molar-refractivity contribution is -0.132. The number of benzene rings is 3. The highest BCUT2D eigenvalue weighted by Gasteiger charge is 2.47. The Labute approximate surface area is 197 Å². The number of carbonyl (C=O) groups excluding carboxylic acids is 2. The number of aryl methyl sites for hydroxylation is 3. The van der Waals surface area contributed by atoms with Gasteiger partial charge in [-0.15, -0.1) is 0 Å². The molecule has 1 amide bonds. The second-order valence-electron chi connectivity index (χ2n) is 8.18. The number of carbonyl (C=O) groups is 2. The molecule has 168 valence electrons. The monoisotopic (exact) mass is 461 g/mol. The quantitative estimate of drug-likeness (QED) is 0.298. The Morgan fingerprint density at radius 2 is 1.67 bits per heavy atom. The summed E-state index contributed by atoms with van der Waals surface area (Å²) in [7, 11) is 1.55. The van der Waals surface area contributed by atoms with Crippen LogP contribution in [0.4, 0.5) is 5.69 Å². The average Bonchev–Trinajstić information content (AvgIpc) is 3.07. The van der Waals surface area contributed by atoms with Crippen LogP contribution in [0.25, 0.3) is 5.76 Å². The van der Waals surface area contributed by atoms with Gasteiger partial charge in [0, 0.05) is 16.3 Å². The van der Waals surface area contributed by atoms with Gasteiger partial charge in [0.25, 0.3) is 11.7 Å². The van der Waals surface area contributed by atoms with Crippen molar-refractivity contribution in [3.63, 3.8) is 0 Å². The highest BCUT2D eigenvalue weighted by atomic mass is 35.5. The molecule has 6 heteroatoms. The van der Waals surface area contributed by atoms with E-state index < -0.39 is 17.7 Å². The van der Waals surface area contributed by atoms with Crippen LogP contribution in [0.3, 0.4) is 0 Å². The number of rotatable bonds is 4. The number of halogens is 1. The van der Waals surface area contributed by atoms with Gasteiger partial charge in [0.2, 0.25) is 0 Å². The number of aliphatic hydroxyl groups excluding tert-OH is 1. The number of aliphatic hydroxyl groups is 1. The van der Waals surface area contributed by atoms with Crippen molar-refractivity contribution in [2.24, 2.45) is 0 Å². The van der Waals surface area contributed by atoms with Gasteiger partial charge in [0.05, 0.1) is 18.7 Å². The fourth-order valence-electron chi connectivity index (χ4n) is 4.00. The number of ketones is 1. The number of hydrogen-bond acceptors (Lipinski definition) is 4. The Balaban J connectivity index is 1.97. The Hall–Kier alpha value is -3.57. The van der Waals surface area contributed by atoms with E-state index in [1.54, 1.807) is 55.6 Å². The Morgan fingerprint density at radius 1 is 0.939 bits per heavy atom. The van der Waals surface area contributed by atoms with E-state index in [0.717, 1.165) is 16.7 Å². The van der Waals surface area contributed by atoms with E-state index in [1.165, 1.54) is 4.90 Å². The highest BCUT2D eigenvalue weighted by molar-refractivity contribution is 6.51. The fraction of sp³-hybridized carbons (Fsp3) is 0.185. The molecule has 0 saturated carbocycles. The molecule has 0 radical (unpaired) electrons. The lowest BCUT2D eigenvalue weighted by Crippen LogP contribution is -2.29. The molecular formula is C27H24ClNO4. The van der Waals surface area contributed by atoms with Gasteiger partial charge in [-0.3, -0.25) is 14.5 Å². The maximum atomic E-state index is 13.3. The Bertz CT molecular complexity index is 1310. The van der Waals surface area contributed by atoms with Crippen LogP contribution < -0.4 is 9.64 Å². The summed E-state index contributed by atoms with van der Waals surface area (Å²) in [5, 5.41) is 11.7. The first kappa shape index (κ1) is 22.6. The first-order valence-corrected chi connectivity index (χ1v) is 10.9. The fourth-order valence-corrected chi connectivity index (χ4v) is 4.18. The number of hydrogen-bond donors (Lipinski definition) is 1. The number of ether oxygens (including phenoxy) is 1. The van der Waals surface area contributed by atoms with Crippen molar-refractivity contribution >= 4 is 34.7 Å². The summed E-state index contributed by atoms with van der Waals surface area (Å²) in [5.41, 5.74) is 4.49. The Kier molecular flexibility index (Phi) is 6.00. The van der Waals surface area contributed by atoms with E-state index in [9.17, 15) is 14.7 Å². The van der Waals surface area contributed by atoms with E-state index in [2.05, 4.69) is 0 Å². The van der Waals surface area contributed by atoms with Crippen molar-refractivity contribution < 1.29 is 19.4 Å². The molecule has 1 aliphatic rings. The smallest absolute Gasteiger partial charge is 0.300 e. The van der Waals surface area contributed by atoms with Gasteiger partial charge in [-0.25, -0.2) is 0 Å². The van der Waals surface area contributed by atoms with E-state index in [4.69, 9.17) is 16.3 Å². The van der Waals surface area contributed by atoms with Crippen LogP contribution in [0.15, 0.2) is 66.2 Å². The predicted molar refractivity (Wildman–Crippen MR) is 130 cm³/mol. The number of Topliss-reactive ketones (excluding diaryl/α,β-unsaturated/α-hetero) is 1. The minimum atomic E-state index is -0.847. The summed E-state index contributed by atoms with van der Waals surface area (Å²) in [6.07, 6.45) is 0. The number of nitrogens with zero attached hydrogens (tertiary/aromatic N) is 1. The topological polar surface area (TPSA) is 66.8 Å². The van der Waals surface area contributed by atoms with Crippen molar-refractivity contribution in [2.75, 3.05) is 12.0 Å². The minimum absolute atomic E-state index is 0.0215. The molecule has 1 heterocycles. The molecule has 3 aromatic rings. The summed E-state index contributed by atoms with van der Waals surface area (Å²) in [4.78, 5) is 27.9. The molecule has 1 fully saturated rings. The van der Waals surface area contributed by atoms with Crippen molar-refractivity contribution in [1.82, 2.24) is 0 Å². The molecule has 1 atom stereocenters. The molecule has 1 unspecified atom stereocenters. The third-order valence-electron chi connectivity index (χ3n) is 6.07. The van der Waals surface area contributed by atoms with Crippen molar-refractivity contribution in [1.29, 1.82) is 0 Å². The van der Waals surface area contributed by atoms with E-state index in [0.29, 0.717) is 27.6 Å². The van der Waals surface area contributed by atoms with Gasteiger partial charge in [0.1, 0.15) is 11.5 Å². The highest BCUT2D eigenvalue weighted by Crippen LogP contribution is 2.43. The third kappa shape index (κ3) is 4.00. The zero-order valence-electron chi connectivity index (χ0n) is 18.8. The molecule has 1 N–H and O–H groups in total. The SMILES string of the molecule is COc1cccc(C2/C(=C(\O)c3ccc(C)c(C)c3)C(=O)C(=O)N2c2ccc(C)c(Cl)c2)c1. The van der Waals surface area contributed by atoms with Crippen LogP contribution in [-0.2, 0) is 9.59 Å². The standard InChI is InChI=1S/C27H24ClNO4/c1-15-8-10-19(12-17(15)3)25(30)23-24(18-6-5-7-21(13-18)33-4)29(27(32)26(23)31)20-11-9-16(2)22(28)14-20/h5-14,24,30H,1-4H3/b25-23+. The van der Waals surface area contributed by atoms with Crippen LogP contribution in [-0.4, -0.2) is 23.9 Å². The molecule has 1 saturated heterocycles. The van der Waals surface area contributed by atoms with Gasteiger partial charge >= 0.3 is 0 Å². The van der Waals surface area contributed by atoms with Gasteiger partial charge < -0.3 is 9.84 Å². The van der Waals surface area contributed by atoms with E-state index in [1.807, 2.05) is 32.9 Å². The van der Waals surface area contributed by atoms with Crippen LogP contribution in [0.5, 0.6) is 5.75 Å². The average molecular weight is 462 g/mol. The van der Waals surface area contributed by atoms with Gasteiger partial charge in [-0.05, 0) is 73.4 Å². The number of amides is 1. The lowest BCUT2D eigenvalue weighted by atomic mass is 9.94. The van der Waals surface area contributed by atoms with Crippen LogP contribution in [0, 0.1) is 20.8 Å². The summed E-state index contributed by atoms with van der Waals surface area (Å²) < 4.78 is 5.37. The predicted octanol–water partition coefficient (Wildman–Crippen LogP) is 5.90. The number of anilines is 1. The van der Waals surface area contributed by atoms with Crippen LogP contribution >= 0.6 is 11.6 Å². The van der Waals surface area contributed by atoms with Gasteiger partial charge in [-0.1, -0.05) is 41.9 Å². The first-order valence-electron chi connectivity index (χ1n) is 10.5. The molecule has 1 aliphatic heterocycles. The van der Waals surface area contributed by atoms with Gasteiger partial charge in [-0.2, -0.15) is 0 Å². The zero-order chi connectivity index (χ0) is 23.9. The van der Waals surface area contributed by atoms with Gasteiger partial charge in [0.15, 0.2) is 0 Å². The third-order valence-corrected chi connectivity index (χ3v) is 6.48. The van der Waals surface area contributed by atoms with E-state index >= 15 is 0 Å². The van der Waals surface area contributed by atoms with Crippen LogP contribution in [0.1, 0.15) is 33.9 Å². The second kappa shape index (κ2) is 8.75. The maximum Gasteiger partial charge on any atom is 0.300 e. The normalized spacial score (nSPS) is 17.5. The molecule has 0 aromatic heterocycles. The molecule has 0 spiro atoms. The number of methoxy groups -OCH3 is 1. The molecule has 0 aliphatic carbocycles. The van der Waals surface area contributed by atoms with Crippen molar-refractivity contribution in [2.45, 2.75) is 26.8 Å². The summed E-state index contributed by atoms with van der Waals surface area (Å²) in [6, 6.07) is 16.9. The van der Waals surface area contributed by atoms with E-state index in [-0.39, 0.29) is 11.3 Å². The summed E-state index contributed by atoms with van der Waals surface area (Å²) in [6.45, 7) is 5.76. The molecule has 3 aromatic carbocycles. The maximum absolute atomic E-state index is 13.3. The van der Waals surface area contributed by atoms with Crippen molar-refractivity contribution in [3.8, 4) is 5.75 Å². The Morgan fingerprint density at radius 3 is 2.33 bits per heavy atom. The molecule has 4 rings (SSSR count). The zero-order valence-corrected chi connectivity index (χ0v) is 19.6. The second-order valence-corrected chi connectivity index (χ2v) is 8.59. The summed E-state index contributed by atoms with van der Waals surface area (Å²) in [5.74, 6) is -1.13. The lowest BCUT2D eigenvalue weighted by Gasteiger charge is -2.26. The molecule has 5 nitrogen and oxygen atoms in total. The molecule has 0 bridgehead atoms. The van der Waals surface area contributed by atoms with Crippen LogP contribution in [0.2, 0.25) is 5.02 Å². The molecular weight excluding hydrogens is 438 g/mol. The van der Waals surface area contributed by atoms with Crippen molar-refractivity contribution in [3.05, 3.63) is 99.1 Å². The first-order chi connectivity index (χ1) is 15.7.